The number of carbonyl (C=O) groups is 4. The average Bonchev–Trinajstić information content (AvgIpc) is 3.07. The van der Waals surface area contributed by atoms with E-state index in [0.29, 0.717) is 19.4 Å². The fourth-order valence-corrected chi connectivity index (χ4v) is 2.78. The Balaban J connectivity index is 2.65. The molecule has 0 bridgehead atoms. The van der Waals surface area contributed by atoms with E-state index in [1.54, 1.807) is 0 Å². The maximum Gasteiger partial charge on any atom is 0.326 e. The maximum atomic E-state index is 12.4. The van der Waals surface area contributed by atoms with Crippen LogP contribution in [0.25, 0.3) is 0 Å². The molecule has 1 aliphatic rings. The van der Waals surface area contributed by atoms with Gasteiger partial charge >= 0.3 is 5.97 Å². The molecule has 3 amide bonds. The number of nitrogens with two attached hydrogens (primary N) is 1. The second-order valence-corrected chi connectivity index (χ2v) is 6.78. The molecule has 0 aromatic carbocycles. The van der Waals surface area contributed by atoms with Crippen LogP contribution in [0.3, 0.4) is 0 Å². The summed E-state index contributed by atoms with van der Waals surface area (Å²) >= 11 is 0. The molecule has 148 valence electrons. The number of nitrogens with one attached hydrogen (secondary N) is 2. The molecule has 0 radical (unpaired) electrons. The van der Waals surface area contributed by atoms with Gasteiger partial charge in [-0.05, 0) is 25.2 Å². The number of aliphatic hydroxyl groups excluding tert-OH is 1. The lowest BCUT2D eigenvalue weighted by molar-refractivity contribution is -0.144. The predicted molar refractivity (Wildman–Crippen MR) is 91.8 cm³/mol. The SMILES string of the molecule is CC(C)CC(NC(=O)C1CCCN1C(=O)CNC(=O)C(N)CO)C(=O)O. The highest BCUT2D eigenvalue weighted by atomic mass is 16.4. The van der Waals surface area contributed by atoms with E-state index in [1.165, 1.54) is 4.90 Å². The first-order valence-electron chi connectivity index (χ1n) is 8.64. The molecule has 1 saturated heterocycles. The summed E-state index contributed by atoms with van der Waals surface area (Å²) < 4.78 is 0. The molecule has 0 aromatic rings. The molecule has 1 heterocycles. The maximum absolute atomic E-state index is 12.4. The van der Waals surface area contributed by atoms with E-state index >= 15 is 0 Å². The highest BCUT2D eigenvalue weighted by Gasteiger charge is 2.36. The molecule has 0 spiro atoms. The molecule has 1 aliphatic heterocycles. The van der Waals surface area contributed by atoms with Crippen LogP contribution in [0.2, 0.25) is 0 Å². The van der Waals surface area contributed by atoms with Crippen molar-refractivity contribution in [3.8, 4) is 0 Å². The Morgan fingerprint density at radius 3 is 2.46 bits per heavy atom. The number of aliphatic hydroxyl groups is 1. The minimum Gasteiger partial charge on any atom is -0.480 e. The van der Waals surface area contributed by atoms with Crippen molar-refractivity contribution >= 4 is 23.7 Å². The second kappa shape index (κ2) is 10.1. The third-order valence-corrected chi connectivity index (χ3v) is 4.14. The van der Waals surface area contributed by atoms with Crippen LogP contribution in [0.1, 0.15) is 33.1 Å². The van der Waals surface area contributed by atoms with Gasteiger partial charge in [0.05, 0.1) is 13.2 Å². The van der Waals surface area contributed by atoms with Gasteiger partial charge in [0, 0.05) is 6.54 Å². The van der Waals surface area contributed by atoms with Gasteiger partial charge in [0.25, 0.3) is 0 Å². The first-order chi connectivity index (χ1) is 12.2. The number of nitrogens with zero attached hydrogens (tertiary/aromatic N) is 1. The molecule has 10 nitrogen and oxygen atoms in total. The van der Waals surface area contributed by atoms with Crippen molar-refractivity contribution < 1.29 is 29.4 Å². The summed E-state index contributed by atoms with van der Waals surface area (Å²) in [7, 11) is 0. The second-order valence-electron chi connectivity index (χ2n) is 6.78. The predicted octanol–water partition coefficient (Wildman–Crippen LogP) is -1.97. The van der Waals surface area contributed by atoms with Crippen LogP contribution in [0.5, 0.6) is 0 Å². The summed E-state index contributed by atoms with van der Waals surface area (Å²) in [6, 6.07) is -2.89. The number of hydrogen-bond donors (Lipinski definition) is 5. The summed E-state index contributed by atoms with van der Waals surface area (Å²) in [4.78, 5) is 48.9. The summed E-state index contributed by atoms with van der Waals surface area (Å²) in [5.74, 6) is -2.67. The number of hydrogen-bond acceptors (Lipinski definition) is 6. The number of carboxylic acids is 1. The molecule has 0 aliphatic carbocycles. The molecule has 26 heavy (non-hydrogen) atoms. The van der Waals surface area contributed by atoms with Crippen molar-refractivity contribution in [3.63, 3.8) is 0 Å². The molecular weight excluding hydrogens is 344 g/mol. The van der Waals surface area contributed by atoms with E-state index in [-0.39, 0.29) is 18.9 Å². The van der Waals surface area contributed by atoms with Crippen LogP contribution >= 0.6 is 0 Å². The van der Waals surface area contributed by atoms with E-state index in [4.69, 9.17) is 10.8 Å². The van der Waals surface area contributed by atoms with Crippen molar-refractivity contribution in [2.24, 2.45) is 11.7 Å². The van der Waals surface area contributed by atoms with Crippen molar-refractivity contribution in [2.75, 3.05) is 19.7 Å². The quantitative estimate of drug-likeness (QED) is 0.313. The van der Waals surface area contributed by atoms with Crippen LogP contribution in [0.4, 0.5) is 0 Å². The monoisotopic (exact) mass is 372 g/mol. The first kappa shape index (κ1) is 21.8. The third kappa shape index (κ3) is 6.26. The zero-order valence-electron chi connectivity index (χ0n) is 15.1. The summed E-state index contributed by atoms with van der Waals surface area (Å²) in [6.07, 6.45) is 1.32. The van der Waals surface area contributed by atoms with E-state index < -0.39 is 48.4 Å². The van der Waals surface area contributed by atoms with E-state index in [2.05, 4.69) is 10.6 Å². The molecular formula is C16H28N4O6. The van der Waals surface area contributed by atoms with E-state index in [9.17, 15) is 24.3 Å². The van der Waals surface area contributed by atoms with Gasteiger partial charge in [0.2, 0.25) is 17.7 Å². The summed E-state index contributed by atoms with van der Waals surface area (Å²) in [6.45, 7) is 3.17. The van der Waals surface area contributed by atoms with Crippen molar-refractivity contribution in [3.05, 3.63) is 0 Å². The number of carboxylic acid groups (broad SMARTS) is 1. The summed E-state index contributed by atoms with van der Waals surface area (Å²) in [5.41, 5.74) is 5.35. The van der Waals surface area contributed by atoms with Gasteiger partial charge < -0.3 is 31.5 Å². The van der Waals surface area contributed by atoms with Gasteiger partial charge in [-0.1, -0.05) is 13.8 Å². The highest BCUT2D eigenvalue weighted by Crippen LogP contribution is 2.18. The molecule has 0 saturated carbocycles. The number of likely N-dealkylation sites (tertiary alicyclic amines) is 1. The standard InChI is InChI=1S/C16H28N4O6/c1-9(2)6-11(16(25)26)19-15(24)12-4-3-5-20(12)13(22)7-18-14(23)10(17)8-21/h9-12,21H,3-8,17H2,1-2H3,(H,18,23)(H,19,24)(H,25,26). The Morgan fingerprint density at radius 1 is 1.27 bits per heavy atom. The van der Waals surface area contributed by atoms with Crippen LogP contribution in [-0.2, 0) is 19.2 Å². The van der Waals surface area contributed by atoms with Gasteiger partial charge in [0.1, 0.15) is 18.1 Å². The molecule has 3 unspecified atom stereocenters. The smallest absolute Gasteiger partial charge is 0.326 e. The van der Waals surface area contributed by atoms with Gasteiger partial charge in [0.15, 0.2) is 0 Å². The minimum absolute atomic E-state index is 0.0867. The molecule has 1 rings (SSSR count). The van der Waals surface area contributed by atoms with Crippen LogP contribution < -0.4 is 16.4 Å². The Bertz CT molecular complexity index is 539. The number of carbonyl (C=O) groups excluding carboxylic acids is 3. The molecule has 0 aromatic heterocycles. The van der Waals surface area contributed by atoms with E-state index in [1.807, 2.05) is 13.8 Å². The lowest BCUT2D eigenvalue weighted by Gasteiger charge is -2.26. The van der Waals surface area contributed by atoms with Gasteiger partial charge in [-0.2, -0.15) is 0 Å². The summed E-state index contributed by atoms with van der Waals surface area (Å²) in [5, 5.41) is 22.8. The van der Waals surface area contributed by atoms with E-state index in [0.717, 1.165) is 0 Å². The normalized spacial score (nSPS) is 19.1. The third-order valence-electron chi connectivity index (χ3n) is 4.14. The first-order valence-corrected chi connectivity index (χ1v) is 8.64. The van der Waals surface area contributed by atoms with Crippen molar-refractivity contribution in [2.45, 2.75) is 51.2 Å². The lowest BCUT2D eigenvalue weighted by atomic mass is 10.0. The van der Waals surface area contributed by atoms with Gasteiger partial charge in [-0.3, -0.25) is 14.4 Å². The number of amides is 3. The lowest BCUT2D eigenvalue weighted by Crippen LogP contribution is -2.53. The van der Waals surface area contributed by atoms with Crippen molar-refractivity contribution in [1.82, 2.24) is 15.5 Å². The zero-order valence-corrected chi connectivity index (χ0v) is 15.1. The Labute approximate surface area is 152 Å². The van der Waals surface area contributed by atoms with Crippen LogP contribution in [0.15, 0.2) is 0 Å². The minimum atomic E-state index is -1.12. The Morgan fingerprint density at radius 2 is 1.92 bits per heavy atom. The highest BCUT2D eigenvalue weighted by molar-refractivity contribution is 5.93. The fourth-order valence-electron chi connectivity index (χ4n) is 2.78. The molecule has 6 N–H and O–H groups in total. The van der Waals surface area contributed by atoms with Gasteiger partial charge in [-0.15, -0.1) is 0 Å². The average molecular weight is 372 g/mol. The molecule has 3 atom stereocenters. The van der Waals surface area contributed by atoms with Crippen molar-refractivity contribution in [1.29, 1.82) is 0 Å². The molecule has 1 fully saturated rings. The fraction of sp³-hybridized carbons (Fsp3) is 0.750. The zero-order chi connectivity index (χ0) is 19.9. The molecule has 10 heteroatoms. The topological polar surface area (TPSA) is 162 Å². The van der Waals surface area contributed by atoms with Crippen LogP contribution in [-0.4, -0.2) is 76.6 Å². The number of aliphatic carboxylic acids is 1. The number of rotatable bonds is 9. The largest absolute Gasteiger partial charge is 0.480 e. The van der Waals surface area contributed by atoms with Gasteiger partial charge in [-0.25, -0.2) is 4.79 Å². The Kier molecular flexibility index (Phi) is 8.46. The Hall–Kier alpha value is -2.20. The van der Waals surface area contributed by atoms with Crippen LogP contribution in [0, 0.1) is 5.92 Å².